The third kappa shape index (κ3) is 3.05. The molecule has 0 amide bonds. The summed E-state index contributed by atoms with van der Waals surface area (Å²) in [6.45, 7) is 7.79. The molecular weight excluding hydrogens is 228 g/mol. The van der Waals surface area contributed by atoms with E-state index in [0.29, 0.717) is 6.04 Å². The standard InChI is InChI=1S/C14H20N2S/c1-4-10(2)8-15-11(3)12-7-14-13(16-9-12)5-6-17-14/h5-7,9-11,15H,4,8H2,1-3H3. The third-order valence-electron chi connectivity index (χ3n) is 3.29. The van der Waals surface area contributed by atoms with Gasteiger partial charge in [-0.15, -0.1) is 11.3 Å². The number of aromatic nitrogens is 1. The number of thiophene rings is 1. The van der Waals surface area contributed by atoms with Gasteiger partial charge in [0.05, 0.1) is 10.2 Å². The summed E-state index contributed by atoms with van der Waals surface area (Å²) in [5.41, 5.74) is 2.39. The number of nitrogens with one attached hydrogen (secondary N) is 1. The fraction of sp³-hybridized carbons (Fsp3) is 0.500. The van der Waals surface area contributed by atoms with Crippen LogP contribution in [0, 0.1) is 5.92 Å². The molecule has 17 heavy (non-hydrogen) atoms. The van der Waals surface area contributed by atoms with E-state index < -0.39 is 0 Å². The van der Waals surface area contributed by atoms with Crippen LogP contribution >= 0.6 is 11.3 Å². The van der Waals surface area contributed by atoms with Gasteiger partial charge in [0.15, 0.2) is 0 Å². The van der Waals surface area contributed by atoms with Crippen LogP contribution in [-0.2, 0) is 0 Å². The van der Waals surface area contributed by atoms with Crippen molar-refractivity contribution in [3.8, 4) is 0 Å². The summed E-state index contributed by atoms with van der Waals surface area (Å²) in [5.74, 6) is 0.732. The van der Waals surface area contributed by atoms with Crippen LogP contribution in [0.1, 0.15) is 38.8 Å². The van der Waals surface area contributed by atoms with Crippen LogP contribution in [0.2, 0.25) is 0 Å². The molecule has 0 aliphatic rings. The van der Waals surface area contributed by atoms with Gasteiger partial charge in [0.2, 0.25) is 0 Å². The summed E-state index contributed by atoms with van der Waals surface area (Å²) in [6.07, 6.45) is 3.21. The second-order valence-corrected chi connectivity index (χ2v) is 5.66. The lowest BCUT2D eigenvalue weighted by Gasteiger charge is -2.16. The lowest BCUT2D eigenvalue weighted by molar-refractivity contribution is 0.460. The van der Waals surface area contributed by atoms with E-state index in [2.05, 4.69) is 48.6 Å². The highest BCUT2D eigenvalue weighted by Gasteiger charge is 2.08. The highest BCUT2D eigenvalue weighted by Crippen LogP contribution is 2.22. The molecule has 2 unspecified atom stereocenters. The number of pyridine rings is 1. The number of nitrogens with zero attached hydrogens (tertiary/aromatic N) is 1. The summed E-state index contributed by atoms with van der Waals surface area (Å²) in [6, 6.07) is 4.70. The molecule has 2 heterocycles. The second-order valence-electron chi connectivity index (χ2n) is 4.72. The first-order valence-electron chi connectivity index (χ1n) is 6.27. The molecule has 0 aromatic carbocycles. The van der Waals surface area contributed by atoms with Crippen LogP contribution in [0.25, 0.3) is 10.2 Å². The summed E-state index contributed by atoms with van der Waals surface area (Å²) in [4.78, 5) is 4.48. The Bertz CT molecular complexity index is 478. The molecular formula is C14H20N2S. The molecule has 2 atom stereocenters. The first-order valence-corrected chi connectivity index (χ1v) is 7.15. The maximum atomic E-state index is 4.48. The second kappa shape index (κ2) is 5.61. The van der Waals surface area contributed by atoms with E-state index in [9.17, 15) is 0 Å². The Morgan fingerprint density at radius 2 is 2.24 bits per heavy atom. The Morgan fingerprint density at radius 3 is 3.00 bits per heavy atom. The number of hydrogen-bond acceptors (Lipinski definition) is 3. The first-order chi connectivity index (χ1) is 8.20. The fourth-order valence-electron chi connectivity index (χ4n) is 1.74. The smallest absolute Gasteiger partial charge is 0.0809 e. The largest absolute Gasteiger partial charge is 0.310 e. The van der Waals surface area contributed by atoms with Gasteiger partial charge in [-0.2, -0.15) is 0 Å². The molecule has 2 rings (SSSR count). The molecule has 0 saturated heterocycles. The van der Waals surface area contributed by atoms with Crippen molar-refractivity contribution >= 4 is 21.6 Å². The molecule has 0 aliphatic carbocycles. The monoisotopic (exact) mass is 248 g/mol. The molecule has 2 aromatic heterocycles. The predicted molar refractivity (Wildman–Crippen MR) is 75.5 cm³/mol. The van der Waals surface area contributed by atoms with Gasteiger partial charge in [-0.3, -0.25) is 4.98 Å². The molecule has 0 fully saturated rings. The molecule has 2 aromatic rings. The van der Waals surface area contributed by atoms with Gasteiger partial charge in [-0.05, 0) is 42.5 Å². The van der Waals surface area contributed by atoms with E-state index in [0.717, 1.165) is 18.0 Å². The van der Waals surface area contributed by atoms with E-state index in [1.165, 1.54) is 16.7 Å². The summed E-state index contributed by atoms with van der Waals surface area (Å²) in [5, 5.41) is 5.67. The minimum absolute atomic E-state index is 0.378. The zero-order chi connectivity index (χ0) is 12.3. The molecule has 0 spiro atoms. The van der Waals surface area contributed by atoms with E-state index in [4.69, 9.17) is 0 Å². The van der Waals surface area contributed by atoms with Crippen molar-refractivity contribution in [1.29, 1.82) is 0 Å². The molecule has 0 bridgehead atoms. The van der Waals surface area contributed by atoms with Crippen LogP contribution in [0.3, 0.4) is 0 Å². The van der Waals surface area contributed by atoms with Crippen LogP contribution in [0.15, 0.2) is 23.7 Å². The van der Waals surface area contributed by atoms with Gasteiger partial charge in [-0.1, -0.05) is 20.3 Å². The SMILES string of the molecule is CCC(C)CNC(C)c1cnc2ccsc2c1. The lowest BCUT2D eigenvalue weighted by atomic mass is 10.1. The van der Waals surface area contributed by atoms with Crippen molar-refractivity contribution in [2.75, 3.05) is 6.54 Å². The molecule has 0 radical (unpaired) electrons. The minimum Gasteiger partial charge on any atom is -0.310 e. The molecule has 92 valence electrons. The van der Waals surface area contributed by atoms with Gasteiger partial charge < -0.3 is 5.32 Å². The Kier molecular flexibility index (Phi) is 4.13. The maximum Gasteiger partial charge on any atom is 0.0809 e. The van der Waals surface area contributed by atoms with Crippen molar-refractivity contribution in [3.63, 3.8) is 0 Å². The van der Waals surface area contributed by atoms with Gasteiger partial charge in [0.1, 0.15) is 0 Å². The molecule has 0 saturated carbocycles. The number of rotatable bonds is 5. The summed E-state index contributed by atoms with van der Waals surface area (Å²) >= 11 is 1.76. The lowest BCUT2D eigenvalue weighted by Crippen LogP contribution is -2.24. The van der Waals surface area contributed by atoms with Crippen LogP contribution in [-0.4, -0.2) is 11.5 Å². The van der Waals surface area contributed by atoms with Crippen molar-refractivity contribution in [2.45, 2.75) is 33.2 Å². The highest BCUT2D eigenvalue weighted by atomic mass is 32.1. The normalized spacial score (nSPS) is 15.0. The van der Waals surface area contributed by atoms with Crippen molar-refractivity contribution in [2.24, 2.45) is 5.92 Å². The third-order valence-corrected chi connectivity index (χ3v) is 4.15. The van der Waals surface area contributed by atoms with Crippen molar-refractivity contribution in [3.05, 3.63) is 29.3 Å². The van der Waals surface area contributed by atoms with Gasteiger partial charge in [0.25, 0.3) is 0 Å². The van der Waals surface area contributed by atoms with E-state index in [-0.39, 0.29) is 0 Å². The Morgan fingerprint density at radius 1 is 1.41 bits per heavy atom. The summed E-state index contributed by atoms with van der Waals surface area (Å²) < 4.78 is 1.28. The number of fused-ring (bicyclic) bond motifs is 1. The van der Waals surface area contributed by atoms with E-state index >= 15 is 0 Å². The van der Waals surface area contributed by atoms with Crippen LogP contribution < -0.4 is 5.32 Å². The average molecular weight is 248 g/mol. The quantitative estimate of drug-likeness (QED) is 0.865. The zero-order valence-electron chi connectivity index (χ0n) is 10.7. The molecule has 3 heteroatoms. The van der Waals surface area contributed by atoms with Gasteiger partial charge >= 0.3 is 0 Å². The average Bonchev–Trinajstić information content (AvgIpc) is 2.82. The predicted octanol–water partition coefficient (Wildman–Crippen LogP) is 3.99. The molecule has 1 N–H and O–H groups in total. The number of hydrogen-bond donors (Lipinski definition) is 1. The topological polar surface area (TPSA) is 24.9 Å². The Labute approximate surface area is 107 Å². The van der Waals surface area contributed by atoms with Gasteiger partial charge in [-0.25, -0.2) is 0 Å². The molecule has 2 nitrogen and oxygen atoms in total. The highest BCUT2D eigenvalue weighted by molar-refractivity contribution is 7.17. The fourth-order valence-corrected chi connectivity index (χ4v) is 2.53. The van der Waals surface area contributed by atoms with E-state index in [1.807, 2.05) is 6.20 Å². The zero-order valence-corrected chi connectivity index (χ0v) is 11.6. The maximum absolute atomic E-state index is 4.48. The summed E-state index contributed by atoms with van der Waals surface area (Å²) in [7, 11) is 0. The Hall–Kier alpha value is -0.930. The van der Waals surface area contributed by atoms with Crippen LogP contribution in [0.4, 0.5) is 0 Å². The first kappa shape index (κ1) is 12.5. The van der Waals surface area contributed by atoms with Crippen molar-refractivity contribution < 1.29 is 0 Å². The van der Waals surface area contributed by atoms with Crippen molar-refractivity contribution in [1.82, 2.24) is 10.3 Å². The van der Waals surface area contributed by atoms with Crippen LogP contribution in [0.5, 0.6) is 0 Å². The molecule has 0 aliphatic heterocycles. The minimum atomic E-state index is 0.378. The Balaban J connectivity index is 2.05. The van der Waals surface area contributed by atoms with Gasteiger partial charge in [0, 0.05) is 12.2 Å². The van der Waals surface area contributed by atoms with E-state index in [1.54, 1.807) is 11.3 Å².